The van der Waals surface area contributed by atoms with Crippen LogP contribution in [0.1, 0.15) is 26.7 Å². The van der Waals surface area contributed by atoms with Crippen molar-refractivity contribution in [1.29, 1.82) is 0 Å². The van der Waals surface area contributed by atoms with E-state index < -0.39 is 0 Å². The summed E-state index contributed by atoms with van der Waals surface area (Å²) in [6.07, 6.45) is 2.72. The van der Waals surface area contributed by atoms with Crippen LogP contribution in [0.3, 0.4) is 0 Å². The topological polar surface area (TPSA) is 26.7 Å². The second-order valence-electron chi connectivity index (χ2n) is 6.53. The average Bonchev–Trinajstić information content (AvgIpc) is 2.18. The minimum atomic E-state index is 0.306. The summed E-state index contributed by atoms with van der Waals surface area (Å²) < 4.78 is 0. The fourth-order valence-corrected chi connectivity index (χ4v) is 3.43. The van der Waals surface area contributed by atoms with Gasteiger partial charge in [0, 0.05) is 32.2 Å². The van der Waals surface area contributed by atoms with Crippen LogP contribution < -0.4 is 0 Å². The molecule has 0 amide bonds. The number of piperazine rings is 1. The van der Waals surface area contributed by atoms with E-state index in [2.05, 4.69) is 30.7 Å². The lowest BCUT2D eigenvalue weighted by atomic mass is 9.64. The van der Waals surface area contributed by atoms with Crippen molar-refractivity contribution < 1.29 is 5.11 Å². The summed E-state index contributed by atoms with van der Waals surface area (Å²) in [5.74, 6) is 0.868. The fraction of sp³-hybridized carbons (Fsp3) is 1.00. The summed E-state index contributed by atoms with van der Waals surface area (Å²) in [6, 6.07) is 0.363. The molecule has 0 radical (unpaired) electrons. The Morgan fingerprint density at radius 1 is 1.25 bits per heavy atom. The number of likely N-dealkylation sites (N-methyl/N-ethyl adjacent to an activating group) is 1. The smallest absolute Gasteiger partial charge is 0.0599 e. The highest BCUT2D eigenvalue weighted by Gasteiger charge is 2.38. The van der Waals surface area contributed by atoms with E-state index in [1.165, 1.54) is 19.4 Å². The molecule has 3 heteroatoms. The molecule has 2 rings (SSSR count). The molecule has 1 atom stereocenters. The third-order valence-electron chi connectivity index (χ3n) is 4.19. The summed E-state index contributed by atoms with van der Waals surface area (Å²) >= 11 is 0. The zero-order chi connectivity index (χ0) is 11.8. The van der Waals surface area contributed by atoms with Crippen molar-refractivity contribution in [1.82, 2.24) is 9.80 Å². The highest BCUT2D eigenvalue weighted by molar-refractivity contribution is 4.90. The largest absolute Gasteiger partial charge is 0.395 e. The third-order valence-corrected chi connectivity index (χ3v) is 4.19. The monoisotopic (exact) mass is 226 g/mol. The lowest BCUT2D eigenvalue weighted by molar-refractivity contribution is 0.00150. The van der Waals surface area contributed by atoms with E-state index in [0.29, 0.717) is 18.1 Å². The maximum absolute atomic E-state index is 9.42. The summed E-state index contributed by atoms with van der Waals surface area (Å²) in [5, 5.41) is 9.42. The minimum Gasteiger partial charge on any atom is -0.395 e. The molecule has 1 heterocycles. The van der Waals surface area contributed by atoms with Crippen LogP contribution in [0.5, 0.6) is 0 Å². The zero-order valence-corrected chi connectivity index (χ0v) is 10.9. The Hall–Kier alpha value is -0.120. The first-order valence-corrected chi connectivity index (χ1v) is 6.53. The highest BCUT2D eigenvalue weighted by Crippen LogP contribution is 2.45. The summed E-state index contributed by atoms with van der Waals surface area (Å²) in [6.45, 7) is 9.51. The number of aliphatic hydroxyl groups is 1. The molecule has 0 aromatic heterocycles. The first-order valence-electron chi connectivity index (χ1n) is 6.53. The van der Waals surface area contributed by atoms with Gasteiger partial charge >= 0.3 is 0 Å². The van der Waals surface area contributed by atoms with Gasteiger partial charge < -0.3 is 10.0 Å². The molecule has 1 unspecified atom stereocenters. The maximum atomic E-state index is 9.42. The van der Waals surface area contributed by atoms with Crippen LogP contribution in [-0.4, -0.2) is 60.8 Å². The second-order valence-corrected chi connectivity index (χ2v) is 6.53. The van der Waals surface area contributed by atoms with Gasteiger partial charge in [-0.3, -0.25) is 4.90 Å². The van der Waals surface area contributed by atoms with Gasteiger partial charge in [-0.05, 0) is 31.2 Å². The van der Waals surface area contributed by atoms with Crippen LogP contribution in [0, 0.1) is 11.3 Å². The third kappa shape index (κ3) is 2.76. The van der Waals surface area contributed by atoms with Gasteiger partial charge in [-0.2, -0.15) is 0 Å². The standard InChI is InChI=1S/C13H26N2O/c1-13(2)6-11(7-13)8-15-5-4-14(3)9-12(15)10-16/h11-12,16H,4-10H2,1-3H3. The Labute approximate surface area is 99.4 Å². The van der Waals surface area contributed by atoms with Gasteiger partial charge in [0.05, 0.1) is 6.61 Å². The number of rotatable bonds is 3. The molecule has 0 aromatic carbocycles. The normalized spacial score (nSPS) is 32.6. The van der Waals surface area contributed by atoms with Gasteiger partial charge in [0.1, 0.15) is 0 Å². The van der Waals surface area contributed by atoms with Crippen molar-refractivity contribution in [2.24, 2.45) is 11.3 Å². The predicted molar refractivity (Wildman–Crippen MR) is 66.4 cm³/mol. The van der Waals surface area contributed by atoms with Crippen LogP contribution in [0.25, 0.3) is 0 Å². The van der Waals surface area contributed by atoms with Crippen molar-refractivity contribution in [3.63, 3.8) is 0 Å². The molecule has 1 saturated carbocycles. The molecule has 94 valence electrons. The molecular formula is C13H26N2O. The molecule has 16 heavy (non-hydrogen) atoms. The van der Waals surface area contributed by atoms with Crippen LogP contribution >= 0.6 is 0 Å². The minimum absolute atomic E-state index is 0.306. The molecule has 1 aliphatic carbocycles. The molecule has 2 aliphatic rings. The summed E-state index contributed by atoms with van der Waals surface area (Å²) in [4.78, 5) is 4.82. The Kier molecular flexibility index (Phi) is 3.57. The Bertz CT molecular complexity index is 234. The van der Waals surface area contributed by atoms with Gasteiger partial charge in [-0.25, -0.2) is 0 Å². The average molecular weight is 226 g/mol. The second kappa shape index (κ2) is 4.63. The number of hydrogen-bond donors (Lipinski definition) is 1. The van der Waals surface area contributed by atoms with Gasteiger partial charge in [-0.1, -0.05) is 13.8 Å². The number of aliphatic hydroxyl groups excluding tert-OH is 1. The first kappa shape index (κ1) is 12.3. The van der Waals surface area contributed by atoms with Crippen molar-refractivity contribution in [3.05, 3.63) is 0 Å². The van der Waals surface area contributed by atoms with Crippen molar-refractivity contribution in [2.75, 3.05) is 39.8 Å². The highest BCUT2D eigenvalue weighted by atomic mass is 16.3. The Morgan fingerprint density at radius 3 is 2.50 bits per heavy atom. The van der Waals surface area contributed by atoms with Crippen molar-refractivity contribution in [2.45, 2.75) is 32.7 Å². The van der Waals surface area contributed by atoms with E-state index in [1.807, 2.05) is 0 Å². The molecule has 1 N–H and O–H groups in total. The van der Waals surface area contributed by atoms with E-state index in [4.69, 9.17) is 0 Å². The van der Waals surface area contributed by atoms with E-state index in [-0.39, 0.29) is 0 Å². The number of hydrogen-bond acceptors (Lipinski definition) is 3. The lowest BCUT2D eigenvalue weighted by Gasteiger charge is -2.47. The van der Waals surface area contributed by atoms with Gasteiger partial charge in [-0.15, -0.1) is 0 Å². The molecule has 1 aliphatic heterocycles. The quantitative estimate of drug-likeness (QED) is 0.778. The van der Waals surface area contributed by atoms with E-state index >= 15 is 0 Å². The Morgan fingerprint density at radius 2 is 1.94 bits per heavy atom. The van der Waals surface area contributed by atoms with Crippen LogP contribution in [0.4, 0.5) is 0 Å². The zero-order valence-electron chi connectivity index (χ0n) is 10.9. The summed E-state index contributed by atoms with van der Waals surface area (Å²) in [7, 11) is 2.15. The predicted octanol–water partition coefficient (Wildman–Crippen LogP) is 1.03. The van der Waals surface area contributed by atoms with Crippen molar-refractivity contribution in [3.8, 4) is 0 Å². The summed E-state index contributed by atoms with van der Waals surface area (Å²) in [5.41, 5.74) is 0.575. The van der Waals surface area contributed by atoms with Crippen molar-refractivity contribution >= 4 is 0 Å². The number of nitrogens with zero attached hydrogens (tertiary/aromatic N) is 2. The molecule has 3 nitrogen and oxygen atoms in total. The molecule has 0 spiro atoms. The van der Waals surface area contributed by atoms with Crippen LogP contribution in [-0.2, 0) is 0 Å². The fourth-order valence-electron chi connectivity index (χ4n) is 3.43. The molecular weight excluding hydrogens is 200 g/mol. The molecule has 1 saturated heterocycles. The van der Waals surface area contributed by atoms with E-state index in [1.54, 1.807) is 0 Å². The molecule has 0 bridgehead atoms. The van der Waals surface area contributed by atoms with E-state index in [0.717, 1.165) is 25.6 Å². The Balaban J connectivity index is 1.80. The van der Waals surface area contributed by atoms with Gasteiger partial charge in [0.25, 0.3) is 0 Å². The molecule has 2 fully saturated rings. The van der Waals surface area contributed by atoms with Gasteiger partial charge in [0.2, 0.25) is 0 Å². The van der Waals surface area contributed by atoms with E-state index in [9.17, 15) is 5.11 Å². The lowest BCUT2D eigenvalue weighted by Crippen LogP contribution is -2.55. The van der Waals surface area contributed by atoms with Gasteiger partial charge in [0.15, 0.2) is 0 Å². The SMILES string of the molecule is CN1CCN(CC2CC(C)(C)C2)C(CO)C1. The molecule has 0 aromatic rings. The maximum Gasteiger partial charge on any atom is 0.0599 e. The van der Waals surface area contributed by atoms with Crippen LogP contribution in [0.2, 0.25) is 0 Å². The first-order chi connectivity index (χ1) is 7.50. The van der Waals surface area contributed by atoms with Crippen LogP contribution in [0.15, 0.2) is 0 Å².